The number of halogens is 1. The average Bonchev–Trinajstić information content (AvgIpc) is 2.18. The third-order valence-corrected chi connectivity index (χ3v) is 2.52. The molecule has 0 fully saturated rings. The van der Waals surface area contributed by atoms with Crippen molar-refractivity contribution in [1.29, 1.82) is 0 Å². The maximum atomic E-state index is 10.5. The highest BCUT2D eigenvalue weighted by Crippen LogP contribution is 2.16. The van der Waals surface area contributed by atoms with Crippen molar-refractivity contribution in [3.05, 3.63) is 39.9 Å². The highest BCUT2D eigenvalue weighted by atomic mass is 79.9. The molecule has 0 bridgehead atoms. The molecule has 0 aromatic heterocycles. The van der Waals surface area contributed by atoms with Gasteiger partial charge in [0.2, 0.25) is 0 Å². The van der Waals surface area contributed by atoms with Gasteiger partial charge in [-0.2, -0.15) is 0 Å². The Kier molecular flexibility index (Phi) is 3.79. The lowest BCUT2D eigenvalue weighted by molar-refractivity contribution is -0.384. The van der Waals surface area contributed by atoms with E-state index in [2.05, 4.69) is 15.9 Å². The van der Waals surface area contributed by atoms with Gasteiger partial charge in [-0.1, -0.05) is 28.1 Å². The molecular weight excluding hydrogens is 266 g/mol. The number of nitro groups is 1. The minimum Gasteiger partial charge on any atom is -0.480 e. The van der Waals surface area contributed by atoms with Crippen molar-refractivity contribution in [3.8, 4) is 0 Å². The molecule has 0 heterocycles. The highest BCUT2D eigenvalue weighted by Gasteiger charge is 2.15. The van der Waals surface area contributed by atoms with Crippen LogP contribution in [0.15, 0.2) is 24.3 Å². The zero-order valence-electron chi connectivity index (χ0n) is 7.59. The first-order valence-electron chi connectivity index (χ1n) is 4.11. The number of carboxylic acids is 1. The van der Waals surface area contributed by atoms with Gasteiger partial charge >= 0.3 is 5.97 Å². The fourth-order valence-corrected chi connectivity index (χ4v) is 1.47. The molecule has 0 aliphatic carbocycles. The molecule has 1 N–H and O–H groups in total. The number of benzene rings is 1. The Bertz CT molecular complexity index is 393. The lowest BCUT2D eigenvalue weighted by Gasteiger charge is -2.03. The highest BCUT2D eigenvalue weighted by molar-refractivity contribution is 9.10. The zero-order valence-corrected chi connectivity index (χ0v) is 9.18. The molecule has 0 spiro atoms. The maximum absolute atomic E-state index is 10.5. The Labute approximate surface area is 94.0 Å². The Morgan fingerprint density at radius 2 is 2.27 bits per heavy atom. The fraction of sp³-hybridized carbons (Fsp3) is 0.222. The van der Waals surface area contributed by atoms with E-state index < -0.39 is 15.7 Å². The number of nitro benzene ring substituents is 1. The van der Waals surface area contributed by atoms with Gasteiger partial charge < -0.3 is 5.11 Å². The minimum absolute atomic E-state index is 0.0300. The Morgan fingerprint density at radius 1 is 1.60 bits per heavy atom. The van der Waals surface area contributed by atoms with E-state index in [4.69, 9.17) is 5.11 Å². The summed E-state index contributed by atoms with van der Waals surface area (Å²) in [5.41, 5.74) is 0.589. The first-order valence-corrected chi connectivity index (χ1v) is 5.02. The first kappa shape index (κ1) is 11.6. The van der Waals surface area contributed by atoms with Crippen LogP contribution in [0.25, 0.3) is 0 Å². The molecule has 0 amide bonds. The molecule has 1 atom stereocenters. The van der Waals surface area contributed by atoms with Crippen molar-refractivity contribution in [3.63, 3.8) is 0 Å². The lowest BCUT2D eigenvalue weighted by atomic mass is 10.1. The molecule has 1 aromatic carbocycles. The lowest BCUT2D eigenvalue weighted by Crippen LogP contribution is -2.15. The number of hydrogen-bond acceptors (Lipinski definition) is 3. The van der Waals surface area contributed by atoms with Gasteiger partial charge in [-0.15, -0.1) is 0 Å². The van der Waals surface area contributed by atoms with Gasteiger partial charge in [-0.05, 0) is 12.0 Å². The Hall–Kier alpha value is -1.43. The van der Waals surface area contributed by atoms with Crippen LogP contribution < -0.4 is 0 Å². The van der Waals surface area contributed by atoms with E-state index in [0.29, 0.717) is 5.56 Å². The maximum Gasteiger partial charge on any atom is 0.317 e. The molecule has 0 aliphatic heterocycles. The van der Waals surface area contributed by atoms with Gasteiger partial charge in [-0.3, -0.25) is 14.9 Å². The van der Waals surface area contributed by atoms with Crippen LogP contribution in [0, 0.1) is 10.1 Å². The molecule has 0 aliphatic rings. The number of aliphatic carboxylic acids is 1. The van der Waals surface area contributed by atoms with Crippen LogP contribution in [0.2, 0.25) is 0 Å². The number of rotatable bonds is 4. The molecule has 0 saturated heterocycles. The van der Waals surface area contributed by atoms with Gasteiger partial charge in [0.05, 0.1) is 4.92 Å². The van der Waals surface area contributed by atoms with Crippen LogP contribution in [0.4, 0.5) is 5.69 Å². The monoisotopic (exact) mass is 273 g/mol. The number of nitrogens with zero attached hydrogens (tertiary/aromatic N) is 1. The molecular formula is C9H8BrNO4. The van der Waals surface area contributed by atoms with Crippen LogP contribution in [0.5, 0.6) is 0 Å². The standard InChI is InChI=1S/C9H8BrNO4/c10-8(9(12)13)5-6-2-1-3-7(4-6)11(14)15/h1-4,8H,5H2,(H,12,13). The number of carboxylic acid groups (broad SMARTS) is 1. The quantitative estimate of drug-likeness (QED) is 0.517. The third-order valence-electron chi connectivity index (χ3n) is 1.80. The molecule has 0 saturated carbocycles. The summed E-state index contributed by atoms with van der Waals surface area (Å²) < 4.78 is 0. The van der Waals surface area contributed by atoms with Crippen LogP contribution >= 0.6 is 15.9 Å². The van der Waals surface area contributed by atoms with Crippen LogP contribution in [0.3, 0.4) is 0 Å². The summed E-state index contributed by atoms with van der Waals surface area (Å²) in [6, 6.07) is 5.93. The fourth-order valence-electron chi connectivity index (χ4n) is 1.09. The SMILES string of the molecule is O=C(O)C(Br)Cc1cccc([N+](=O)[O-])c1. The molecule has 80 valence electrons. The van der Waals surface area contributed by atoms with E-state index in [1.807, 2.05) is 0 Å². The van der Waals surface area contributed by atoms with Gasteiger partial charge in [0.1, 0.15) is 4.83 Å². The second-order valence-electron chi connectivity index (χ2n) is 2.94. The van der Waals surface area contributed by atoms with Crippen molar-refractivity contribution >= 4 is 27.6 Å². The van der Waals surface area contributed by atoms with Gasteiger partial charge in [0, 0.05) is 12.1 Å². The molecule has 15 heavy (non-hydrogen) atoms. The number of non-ortho nitro benzene ring substituents is 1. The summed E-state index contributed by atoms with van der Waals surface area (Å²) in [4.78, 5) is 19.8. The summed E-state index contributed by atoms with van der Waals surface area (Å²) in [5, 5.41) is 19.1. The molecule has 1 unspecified atom stereocenters. The van der Waals surface area contributed by atoms with Crippen molar-refractivity contribution in [2.75, 3.05) is 0 Å². The van der Waals surface area contributed by atoms with Crippen LogP contribution in [-0.4, -0.2) is 20.8 Å². The second-order valence-corrected chi connectivity index (χ2v) is 4.04. The normalized spacial score (nSPS) is 12.1. The number of hydrogen-bond donors (Lipinski definition) is 1. The van der Waals surface area contributed by atoms with Gasteiger partial charge in [0.25, 0.3) is 5.69 Å². The van der Waals surface area contributed by atoms with Crippen molar-refractivity contribution in [1.82, 2.24) is 0 Å². The first-order chi connectivity index (χ1) is 7.00. The molecule has 5 nitrogen and oxygen atoms in total. The van der Waals surface area contributed by atoms with E-state index in [9.17, 15) is 14.9 Å². The summed E-state index contributed by atoms with van der Waals surface area (Å²) in [6.45, 7) is 0. The van der Waals surface area contributed by atoms with E-state index in [-0.39, 0.29) is 12.1 Å². The minimum atomic E-state index is -0.985. The van der Waals surface area contributed by atoms with Gasteiger partial charge in [-0.25, -0.2) is 0 Å². The Balaban J connectivity index is 2.82. The largest absolute Gasteiger partial charge is 0.480 e. The topological polar surface area (TPSA) is 80.4 Å². The van der Waals surface area contributed by atoms with Crippen molar-refractivity contribution < 1.29 is 14.8 Å². The van der Waals surface area contributed by atoms with E-state index >= 15 is 0 Å². The van der Waals surface area contributed by atoms with Crippen LogP contribution in [-0.2, 0) is 11.2 Å². The zero-order chi connectivity index (χ0) is 11.4. The number of alkyl halides is 1. The van der Waals surface area contributed by atoms with E-state index in [0.717, 1.165) is 0 Å². The summed E-state index contributed by atoms with van der Waals surface area (Å²) in [6.07, 6.45) is 0.219. The van der Waals surface area contributed by atoms with E-state index in [1.54, 1.807) is 6.07 Å². The van der Waals surface area contributed by atoms with Gasteiger partial charge in [0.15, 0.2) is 0 Å². The third kappa shape index (κ3) is 3.32. The molecule has 0 radical (unpaired) electrons. The predicted molar refractivity (Wildman–Crippen MR) is 57.2 cm³/mol. The number of carbonyl (C=O) groups is 1. The summed E-state index contributed by atoms with van der Waals surface area (Å²) in [5.74, 6) is -0.985. The summed E-state index contributed by atoms with van der Waals surface area (Å²) >= 11 is 2.97. The van der Waals surface area contributed by atoms with Crippen LogP contribution in [0.1, 0.15) is 5.56 Å². The second kappa shape index (κ2) is 4.88. The predicted octanol–water partition coefficient (Wildman–Crippen LogP) is 1.99. The molecule has 1 rings (SSSR count). The summed E-state index contributed by atoms with van der Waals surface area (Å²) in [7, 11) is 0. The molecule has 1 aromatic rings. The Morgan fingerprint density at radius 3 is 2.80 bits per heavy atom. The smallest absolute Gasteiger partial charge is 0.317 e. The van der Waals surface area contributed by atoms with E-state index in [1.165, 1.54) is 18.2 Å². The van der Waals surface area contributed by atoms with Crippen molar-refractivity contribution in [2.24, 2.45) is 0 Å². The van der Waals surface area contributed by atoms with Crippen molar-refractivity contribution in [2.45, 2.75) is 11.2 Å². The molecule has 6 heteroatoms. The average molecular weight is 274 g/mol.